The summed E-state index contributed by atoms with van der Waals surface area (Å²) in [5.74, 6) is 1.47. The second-order valence-corrected chi connectivity index (χ2v) is 10.6. The molecule has 0 atom stereocenters. The van der Waals surface area contributed by atoms with Crippen LogP contribution in [0, 0.1) is 5.82 Å². The zero-order chi connectivity index (χ0) is 28.6. The van der Waals surface area contributed by atoms with E-state index < -0.39 is 5.82 Å². The fraction of sp³-hybridized carbons (Fsp3) is 0.367. The van der Waals surface area contributed by atoms with Gasteiger partial charge < -0.3 is 24.3 Å². The number of anilines is 2. The summed E-state index contributed by atoms with van der Waals surface area (Å²) in [5.41, 5.74) is 2.90. The molecule has 0 bridgehead atoms. The molecule has 0 radical (unpaired) electrons. The van der Waals surface area contributed by atoms with E-state index in [0.29, 0.717) is 35.4 Å². The zero-order valence-corrected chi connectivity index (χ0v) is 24.3. The van der Waals surface area contributed by atoms with E-state index in [0.717, 1.165) is 66.8 Å². The predicted octanol–water partition coefficient (Wildman–Crippen LogP) is 5.83. The molecule has 0 spiro atoms. The van der Waals surface area contributed by atoms with Gasteiger partial charge in [-0.25, -0.2) is 19.3 Å². The number of halogens is 1. The third kappa shape index (κ3) is 7.29. The molecule has 41 heavy (non-hydrogen) atoms. The van der Waals surface area contributed by atoms with Gasteiger partial charge in [0.15, 0.2) is 11.6 Å². The van der Waals surface area contributed by atoms with E-state index in [9.17, 15) is 4.39 Å². The number of methoxy groups -OCH3 is 2. The number of aryl methyl sites for hydroxylation is 1. The molecular formula is C30H34FN5O4S. The summed E-state index contributed by atoms with van der Waals surface area (Å²) in [4.78, 5) is 17.2. The number of aromatic nitrogens is 3. The molecule has 1 N–H and O–H groups in total. The molecule has 1 saturated heterocycles. The first kappa shape index (κ1) is 28.7. The van der Waals surface area contributed by atoms with Gasteiger partial charge in [-0.3, -0.25) is 4.90 Å². The average molecular weight is 580 g/mol. The topological polar surface area (TPSA) is 90.9 Å². The number of rotatable bonds is 12. The molecule has 1 aliphatic rings. The Bertz CT molecular complexity index is 1440. The zero-order valence-electron chi connectivity index (χ0n) is 23.5. The lowest BCUT2D eigenvalue weighted by molar-refractivity contribution is 0.0320. The molecule has 3 heterocycles. The number of morpholine rings is 1. The summed E-state index contributed by atoms with van der Waals surface area (Å²) in [6.07, 6.45) is 3.51. The van der Waals surface area contributed by atoms with E-state index in [1.54, 1.807) is 43.9 Å². The Morgan fingerprint density at radius 3 is 2.51 bits per heavy atom. The quantitative estimate of drug-likeness (QED) is 0.223. The second kappa shape index (κ2) is 13.7. The Balaban J connectivity index is 1.34. The van der Waals surface area contributed by atoms with Gasteiger partial charge in [-0.2, -0.15) is 0 Å². The molecule has 4 aromatic rings. The number of nitrogens with one attached hydrogen (secondary N) is 1. The Morgan fingerprint density at radius 1 is 1.02 bits per heavy atom. The van der Waals surface area contributed by atoms with Gasteiger partial charge >= 0.3 is 0 Å². The first-order chi connectivity index (χ1) is 20.1. The molecule has 2 aromatic heterocycles. The fourth-order valence-electron chi connectivity index (χ4n) is 4.48. The van der Waals surface area contributed by atoms with Gasteiger partial charge in [-0.05, 0) is 43.2 Å². The minimum Gasteiger partial charge on any atom is -0.497 e. The third-order valence-corrected chi connectivity index (χ3v) is 7.74. The van der Waals surface area contributed by atoms with Crippen LogP contribution in [0.15, 0.2) is 48.7 Å². The summed E-state index contributed by atoms with van der Waals surface area (Å²) in [7, 11) is 3.25. The van der Waals surface area contributed by atoms with E-state index in [2.05, 4.69) is 22.1 Å². The SMILES string of the molecule is CCCc1nc(-c2cc(OC)cc(OC)c2)c(-c2ccnc(Nc3ccc(OCCN4CCOCC4)c(F)c3)n2)s1. The minimum atomic E-state index is -0.450. The van der Waals surface area contributed by atoms with Crippen molar-refractivity contribution < 1.29 is 23.3 Å². The molecule has 9 nitrogen and oxygen atoms in total. The normalized spacial score (nSPS) is 13.7. The van der Waals surface area contributed by atoms with Gasteiger partial charge in [0.1, 0.15) is 18.1 Å². The second-order valence-electron chi connectivity index (χ2n) is 9.47. The summed E-state index contributed by atoms with van der Waals surface area (Å²) in [5, 5.41) is 4.13. The van der Waals surface area contributed by atoms with Crippen LogP contribution in [-0.2, 0) is 11.2 Å². The molecular weight excluding hydrogens is 545 g/mol. The Morgan fingerprint density at radius 2 is 1.80 bits per heavy atom. The molecule has 0 unspecified atom stereocenters. The lowest BCUT2D eigenvalue weighted by atomic mass is 10.1. The smallest absolute Gasteiger partial charge is 0.227 e. The van der Waals surface area contributed by atoms with Crippen LogP contribution in [0.5, 0.6) is 17.2 Å². The first-order valence-electron chi connectivity index (χ1n) is 13.6. The van der Waals surface area contributed by atoms with Crippen LogP contribution in [0.4, 0.5) is 16.0 Å². The lowest BCUT2D eigenvalue weighted by Crippen LogP contribution is -2.38. The van der Waals surface area contributed by atoms with Crippen LogP contribution in [0.3, 0.4) is 0 Å². The average Bonchev–Trinajstić information content (AvgIpc) is 3.43. The molecule has 1 fully saturated rings. The van der Waals surface area contributed by atoms with Crippen LogP contribution >= 0.6 is 11.3 Å². The van der Waals surface area contributed by atoms with E-state index in [4.69, 9.17) is 28.9 Å². The van der Waals surface area contributed by atoms with E-state index in [-0.39, 0.29) is 5.75 Å². The Labute approximate surface area is 243 Å². The number of ether oxygens (including phenoxy) is 4. The number of thiazole rings is 1. The number of hydrogen-bond acceptors (Lipinski definition) is 10. The number of hydrogen-bond donors (Lipinski definition) is 1. The molecule has 0 amide bonds. The molecule has 5 rings (SSSR count). The van der Waals surface area contributed by atoms with Gasteiger partial charge in [0.05, 0.1) is 48.7 Å². The van der Waals surface area contributed by atoms with Crippen molar-refractivity contribution in [2.75, 3.05) is 59.0 Å². The largest absolute Gasteiger partial charge is 0.497 e. The van der Waals surface area contributed by atoms with Gasteiger partial charge in [0.25, 0.3) is 0 Å². The molecule has 11 heteroatoms. The lowest BCUT2D eigenvalue weighted by Gasteiger charge is -2.26. The van der Waals surface area contributed by atoms with Crippen LogP contribution in [0.25, 0.3) is 21.8 Å². The van der Waals surface area contributed by atoms with Gasteiger partial charge in [0.2, 0.25) is 5.95 Å². The van der Waals surface area contributed by atoms with Crippen molar-refractivity contribution in [3.05, 3.63) is 59.5 Å². The van der Waals surface area contributed by atoms with Crippen molar-refractivity contribution in [2.24, 2.45) is 0 Å². The Hall–Kier alpha value is -3.80. The summed E-state index contributed by atoms with van der Waals surface area (Å²) >= 11 is 1.60. The third-order valence-electron chi connectivity index (χ3n) is 6.61. The van der Waals surface area contributed by atoms with Crippen molar-refractivity contribution in [1.82, 2.24) is 19.9 Å². The van der Waals surface area contributed by atoms with Gasteiger partial charge in [-0.15, -0.1) is 11.3 Å². The van der Waals surface area contributed by atoms with Crippen molar-refractivity contribution in [1.29, 1.82) is 0 Å². The molecule has 216 valence electrons. The molecule has 1 aliphatic heterocycles. The predicted molar refractivity (Wildman–Crippen MR) is 158 cm³/mol. The maximum absolute atomic E-state index is 14.8. The van der Waals surface area contributed by atoms with Crippen LogP contribution in [0.2, 0.25) is 0 Å². The van der Waals surface area contributed by atoms with Crippen molar-refractivity contribution in [3.63, 3.8) is 0 Å². The van der Waals surface area contributed by atoms with E-state index in [1.807, 2.05) is 24.3 Å². The van der Waals surface area contributed by atoms with Crippen molar-refractivity contribution >= 4 is 23.0 Å². The number of nitrogens with zero attached hydrogens (tertiary/aromatic N) is 4. The molecule has 0 saturated carbocycles. The Kier molecular flexibility index (Phi) is 9.60. The van der Waals surface area contributed by atoms with Crippen molar-refractivity contribution in [3.8, 4) is 39.1 Å². The maximum atomic E-state index is 14.8. The summed E-state index contributed by atoms with van der Waals surface area (Å²) in [6, 6.07) is 12.3. The molecule has 0 aliphatic carbocycles. The fourth-order valence-corrected chi connectivity index (χ4v) is 5.64. The van der Waals surface area contributed by atoms with Crippen molar-refractivity contribution in [2.45, 2.75) is 19.8 Å². The van der Waals surface area contributed by atoms with Crippen LogP contribution in [-0.4, -0.2) is 73.5 Å². The standard InChI is InChI=1S/C30H34FN5O4S/c1-4-5-27-35-28(20-16-22(37-2)19-23(17-20)38-3)29(41-27)25-8-9-32-30(34-25)33-21-6-7-26(24(31)18-21)40-15-12-36-10-13-39-14-11-36/h6-9,16-19H,4-5,10-15H2,1-3H3,(H,32,33,34). The highest BCUT2D eigenvalue weighted by molar-refractivity contribution is 7.15. The molecule has 2 aromatic carbocycles. The van der Waals surface area contributed by atoms with Crippen LogP contribution in [0.1, 0.15) is 18.4 Å². The summed E-state index contributed by atoms with van der Waals surface area (Å²) < 4.78 is 36.9. The monoisotopic (exact) mass is 579 g/mol. The summed E-state index contributed by atoms with van der Waals surface area (Å²) in [6.45, 7) is 6.43. The van der Waals surface area contributed by atoms with E-state index >= 15 is 0 Å². The first-order valence-corrected chi connectivity index (χ1v) is 14.4. The minimum absolute atomic E-state index is 0.213. The van der Waals surface area contributed by atoms with Gasteiger partial charge in [0, 0.05) is 49.2 Å². The van der Waals surface area contributed by atoms with E-state index in [1.165, 1.54) is 6.07 Å². The number of benzene rings is 2. The van der Waals surface area contributed by atoms with Gasteiger partial charge in [-0.1, -0.05) is 6.92 Å². The highest BCUT2D eigenvalue weighted by Gasteiger charge is 2.19. The highest BCUT2D eigenvalue weighted by atomic mass is 32.1. The maximum Gasteiger partial charge on any atom is 0.227 e. The van der Waals surface area contributed by atoms with Crippen LogP contribution < -0.4 is 19.5 Å². The highest BCUT2D eigenvalue weighted by Crippen LogP contribution is 2.39.